The van der Waals surface area contributed by atoms with Gasteiger partial charge in [-0.15, -0.1) is 4.39 Å². The summed E-state index contributed by atoms with van der Waals surface area (Å²) >= 11 is 4.11. The molecule has 0 bridgehead atoms. The van der Waals surface area contributed by atoms with Crippen molar-refractivity contribution >= 4 is 87.0 Å². The first kappa shape index (κ1) is 10.7. The molecule has 0 unspecified atom stereocenters. The summed E-state index contributed by atoms with van der Waals surface area (Å²) in [5.41, 5.74) is 0. The Balaban J connectivity index is 0. The average molecular weight is 232 g/mol. The van der Waals surface area contributed by atoms with E-state index in [9.17, 15) is 4.39 Å². The third-order valence-corrected chi connectivity index (χ3v) is 0.182. The number of halogens is 2. The first-order valence-corrected chi connectivity index (χ1v) is 1.06. The van der Waals surface area contributed by atoms with Crippen LogP contribution < -0.4 is 0 Å². The molecule has 2 nitrogen and oxygen atoms in total. The second kappa shape index (κ2) is 6.74. The Kier molecular flexibility index (Phi) is 12.0. The van der Waals surface area contributed by atoms with E-state index in [2.05, 4.69) is 16.2 Å². The van der Waals surface area contributed by atoms with E-state index in [0.717, 1.165) is 0 Å². The van der Waals surface area contributed by atoms with Crippen molar-refractivity contribution in [2.45, 2.75) is 0 Å². The average Bonchev–Trinajstić information content (AvgIpc) is 1.38. The topological polar surface area (TPSA) is 26.3 Å². The van der Waals surface area contributed by atoms with Gasteiger partial charge in [0.05, 0.1) is 0 Å². The third-order valence-electron chi connectivity index (χ3n) is 0.0607. The predicted molar refractivity (Wildman–Crippen MR) is 20.6 cm³/mol. The monoisotopic (exact) mass is 232 g/mol. The number of carbonyl (C=O) groups is 1. The van der Waals surface area contributed by atoms with Crippen LogP contribution in [0.1, 0.15) is 0 Å². The molecule has 0 saturated carbocycles. The maximum absolute atomic E-state index is 10.4. The SMILES string of the molecule is O=C(F)OCl.[CsH]. The minimum absolute atomic E-state index is 0. The van der Waals surface area contributed by atoms with Crippen molar-refractivity contribution in [1.29, 1.82) is 0 Å². The Bertz CT molecular complexity index is 48.8. The fourth-order valence-corrected chi connectivity index (χ4v) is 0. The van der Waals surface area contributed by atoms with E-state index in [1.54, 1.807) is 0 Å². The van der Waals surface area contributed by atoms with E-state index in [1.807, 2.05) is 0 Å². The molecule has 0 aromatic rings. The molecule has 32 valence electrons. The normalized spacial score (nSPS) is 5.67. The molecule has 0 aliphatic heterocycles. The fourth-order valence-electron chi connectivity index (χ4n) is 0. The number of carbonyl (C=O) groups excluding carboxylic acids is 1. The van der Waals surface area contributed by atoms with Crippen molar-refractivity contribution in [3.8, 4) is 0 Å². The summed E-state index contributed by atoms with van der Waals surface area (Å²) in [6.45, 7) is 0. The summed E-state index contributed by atoms with van der Waals surface area (Å²) in [7, 11) is 0. The van der Waals surface area contributed by atoms with Gasteiger partial charge in [-0.2, -0.15) is 0 Å². The van der Waals surface area contributed by atoms with Crippen molar-refractivity contribution in [3.05, 3.63) is 0 Å². The Morgan fingerprint density at radius 3 is 2.00 bits per heavy atom. The van der Waals surface area contributed by atoms with E-state index in [1.165, 1.54) is 0 Å². The molecule has 0 aliphatic carbocycles. The first-order valence-electron chi connectivity index (χ1n) is 0.752. The molecule has 6 heavy (non-hydrogen) atoms. The van der Waals surface area contributed by atoms with E-state index in [-0.39, 0.29) is 68.9 Å². The van der Waals surface area contributed by atoms with Crippen LogP contribution in [0.5, 0.6) is 0 Å². The number of rotatable bonds is 0. The van der Waals surface area contributed by atoms with E-state index < -0.39 is 6.22 Å². The molecule has 0 aromatic heterocycles. The van der Waals surface area contributed by atoms with Crippen molar-refractivity contribution in [1.82, 2.24) is 0 Å². The van der Waals surface area contributed by atoms with Crippen molar-refractivity contribution in [2.24, 2.45) is 0 Å². The van der Waals surface area contributed by atoms with Gasteiger partial charge in [-0.1, -0.05) is 0 Å². The standard InChI is InChI=1S/CClFO2.Cs.H/c2-5-1(3)4;;. The molecule has 0 saturated heterocycles. The van der Waals surface area contributed by atoms with Crippen LogP contribution in [0, 0.1) is 0 Å². The summed E-state index contributed by atoms with van der Waals surface area (Å²) in [4.78, 5) is 8.79. The number of hydrogen-bond acceptors (Lipinski definition) is 2. The summed E-state index contributed by atoms with van der Waals surface area (Å²) in [6, 6.07) is 0. The molecule has 5 heteroatoms. The van der Waals surface area contributed by atoms with Crippen LogP contribution >= 0.6 is 11.9 Å². The Hall–Kier alpha value is 1.74. The zero-order chi connectivity index (χ0) is 4.28. The molecular formula is CHClCsFO2. The minimum atomic E-state index is -1.98. The van der Waals surface area contributed by atoms with Crippen molar-refractivity contribution in [3.63, 3.8) is 0 Å². The van der Waals surface area contributed by atoms with Gasteiger partial charge in [-0.3, -0.25) is 0 Å². The van der Waals surface area contributed by atoms with Crippen molar-refractivity contribution in [2.75, 3.05) is 0 Å². The molecule has 0 spiro atoms. The molecule has 0 fully saturated rings. The van der Waals surface area contributed by atoms with E-state index in [4.69, 9.17) is 4.79 Å². The predicted octanol–water partition coefficient (Wildman–Crippen LogP) is 0.598. The first-order chi connectivity index (χ1) is 2.27. The summed E-state index contributed by atoms with van der Waals surface area (Å²) in [6.07, 6.45) is -1.98. The summed E-state index contributed by atoms with van der Waals surface area (Å²) < 4.78 is 13.4. The van der Waals surface area contributed by atoms with Gasteiger partial charge >= 0.3 is 75.1 Å². The van der Waals surface area contributed by atoms with Gasteiger partial charge in [0, 0.05) is 0 Å². The van der Waals surface area contributed by atoms with E-state index in [0.29, 0.717) is 0 Å². The van der Waals surface area contributed by atoms with Gasteiger partial charge in [-0.25, -0.2) is 4.79 Å². The molecule has 0 aromatic carbocycles. The summed E-state index contributed by atoms with van der Waals surface area (Å²) in [5.74, 6) is 0. The quantitative estimate of drug-likeness (QED) is 0.572. The van der Waals surface area contributed by atoms with Crippen LogP contribution in [0.3, 0.4) is 0 Å². The number of hydrogen-bond donors (Lipinski definition) is 0. The second-order valence-electron chi connectivity index (χ2n) is 0.315. The molecule has 0 aliphatic rings. The maximum atomic E-state index is 10.4. The molecule has 0 radical (unpaired) electrons. The zero-order valence-corrected chi connectivity index (χ0v) is 2.83. The molecule has 0 heterocycles. The van der Waals surface area contributed by atoms with Crippen LogP contribution in [0.15, 0.2) is 0 Å². The third kappa shape index (κ3) is 9.22. The molecule has 0 amide bonds. The van der Waals surface area contributed by atoms with Crippen LogP contribution in [0.25, 0.3) is 0 Å². The molecule has 0 atom stereocenters. The fraction of sp³-hybridized carbons (Fsp3) is 0. The zero-order valence-electron chi connectivity index (χ0n) is 2.07. The second-order valence-corrected chi connectivity index (χ2v) is 0.469. The van der Waals surface area contributed by atoms with Gasteiger partial charge < -0.3 is 4.29 Å². The van der Waals surface area contributed by atoms with Crippen LogP contribution in [0.2, 0.25) is 0 Å². The molecule has 0 rings (SSSR count). The van der Waals surface area contributed by atoms with Crippen LogP contribution in [-0.4, -0.2) is 75.1 Å². The van der Waals surface area contributed by atoms with Gasteiger partial charge in [-0.05, 0) is 0 Å². The Morgan fingerprint density at radius 1 is 1.83 bits per heavy atom. The Labute approximate surface area is 98.0 Å². The van der Waals surface area contributed by atoms with Gasteiger partial charge in [0.15, 0.2) is 0 Å². The van der Waals surface area contributed by atoms with Crippen LogP contribution in [0.4, 0.5) is 9.18 Å². The van der Waals surface area contributed by atoms with Crippen molar-refractivity contribution < 1.29 is 13.5 Å². The van der Waals surface area contributed by atoms with Gasteiger partial charge in [0.25, 0.3) is 0 Å². The summed E-state index contributed by atoms with van der Waals surface area (Å²) in [5, 5.41) is 0. The van der Waals surface area contributed by atoms with E-state index >= 15 is 0 Å². The molecule has 0 N–H and O–H groups in total. The van der Waals surface area contributed by atoms with Gasteiger partial charge in [0.1, 0.15) is 11.9 Å². The molecular weight excluding hydrogens is 231 g/mol. The van der Waals surface area contributed by atoms with Gasteiger partial charge in [0.2, 0.25) is 0 Å². The Morgan fingerprint density at radius 2 is 2.00 bits per heavy atom. The van der Waals surface area contributed by atoms with Crippen LogP contribution in [-0.2, 0) is 4.29 Å².